The van der Waals surface area contributed by atoms with Gasteiger partial charge in [-0.1, -0.05) is 60.7 Å². The van der Waals surface area contributed by atoms with Crippen molar-refractivity contribution in [2.75, 3.05) is 54.5 Å². The molecule has 0 unspecified atom stereocenters. The lowest BCUT2D eigenvalue weighted by atomic mass is 10.2. The van der Waals surface area contributed by atoms with Gasteiger partial charge < -0.3 is 29.1 Å². The molecular weight excluding hydrogens is 611 g/mol. The maximum Gasteiger partial charge on any atom is 0.311 e. The van der Waals surface area contributed by atoms with Gasteiger partial charge in [0, 0.05) is 37.4 Å². The largest absolute Gasteiger partial charge is 0.489 e. The number of hydrogen-bond acceptors (Lipinski definition) is 10. The van der Waals surface area contributed by atoms with Crippen LogP contribution in [0.1, 0.15) is 11.1 Å². The number of ether oxygens (including phenoxy) is 3. The highest BCUT2D eigenvalue weighted by atomic mass is 19.1. The van der Waals surface area contributed by atoms with Gasteiger partial charge in [0.15, 0.2) is 0 Å². The van der Waals surface area contributed by atoms with E-state index in [9.17, 15) is 24.6 Å². The molecule has 4 rings (SSSR count). The molecule has 4 aromatic carbocycles. The third-order valence-corrected chi connectivity index (χ3v) is 6.08. The monoisotopic (exact) mass is 652 g/mol. The lowest BCUT2D eigenvalue weighted by Gasteiger charge is -2.12. The van der Waals surface area contributed by atoms with Crippen LogP contribution in [0.4, 0.5) is 15.8 Å². The average molecular weight is 653 g/mol. The van der Waals surface area contributed by atoms with E-state index in [2.05, 4.69) is 0 Å². The van der Waals surface area contributed by atoms with Crippen molar-refractivity contribution in [3.05, 3.63) is 134 Å². The summed E-state index contributed by atoms with van der Waals surface area (Å²) in [5.41, 5.74) is 1.36. The van der Waals surface area contributed by atoms with E-state index < -0.39 is 21.4 Å². The Morgan fingerprint density at radius 2 is 1.13 bits per heavy atom. The molecule has 0 aromatic heterocycles. The van der Waals surface area contributed by atoms with Gasteiger partial charge in [-0.25, -0.2) is 0 Å². The minimum atomic E-state index is -0.898. The molecule has 0 heterocycles. The molecule has 0 spiro atoms. The van der Waals surface area contributed by atoms with Crippen LogP contribution in [0.5, 0.6) is 17.2 Å². The Kier molecular flexibility index (Phi) is 16.9. The van der Waals surface area contributed by atoms with Gasteiger partial charge in [-0.3, -0.25) is 20.2 Å². The van der Waals surface area contributed by atoms with Crippen LogP contribution < -0.4 is 14.2 Å². The second kappa shape index (κ2) is 20.8. The van der Waals surface area contributed by atoms with Crippen molar-refractivity contribution in [3.63, 3.8) is 0 Å². The van der Waals surface area contributed by atoms with E-state index in [4.69, 9.17) is 19.3 Å². The Morgan fingerprint density at radius 1 is 0.660 bits per heavy atom. The van der Waals surface area contributed by atoms with Crippen molar-refractivity contribution in [2.45, 2.75) is 13.2 Å². The van der Waals surface area contributed by atoms with Crippen LogP contribution in [-0.2, 0) is 13.2 Å². The molecule has 0 amide bonds. The Morgan fingerprint density at radius 3 is 1.53 bits per heavy atom. The summed E-state index contributed by atoms with van der Waals surface area (Å²) in [6, 6.07) is 27.1. The third-order valence-electron chi connectivity index (χ3n) is 6.08. The van der Waals surface area contributed by atoms with E-state index in [0.29, 0.717) is 25.5 Å². The van der Waals surface area contributed by atoms with E-state index in [1.807, 2.05) is 98.7 Å². The number of aliphatic hydroxyl groups is 1. The highest BCUT2D eigenvalue weighted by Crippen LogP contribution is 2.31. The molecule has 0 aliphatic carbocycles. The third kappa shape index (κ3) is 15.2. The Balaban J connectivity index is 0.000000284. The Bertz CT molecular complexity index is 1510. The fourth-order valence-electron chi connectivity index (χ4n) is 3.60. The first-order valence-electron chi connectivity index (χ1n) is 14.6. The quantitative estimate of drug-likeness (QED) is 0.128. The molecule has 12 nitrogen and oxygen atoms in total. The second-order valence-electron chi connectivity index (χ2n) is 10.5. The topological polar surface area (TPSA) is 141 Å². The number of nitrogens with zero attached hydrogens (tertiary/aromatic N) is 4. The summed E-state index contributed by atoms with van der Waals surface area (Å²) < 4.78 is 29.9. The molecule has 0 aliphatic heterocycles. The summed E-state index contributed by atoms with van der Waals surface area (Å²) >= 11 is 0. The fourth-order valence-corrected chi connectivity index (χ4v) is 3.60. The van der Waals surface area contributed by atoms with Crippen LogP contribution in [0, 0.1) is 26.0 Å². The zero-order chi connectivity index (χ0) is 34.6. The zero-order valence-electron chi connectivity index (χ0n) is 27.0. The van der Waals surface area contributed by atoms with E-state index >= 15 is 0 Å². The van der Waals surface area contributed by atoms with Gasteiger partial charge in [-0.2, -0.15) is 4.39 Å². The smallest absolute Gasteiger partial charge is 0.311 e. The van der Waals surface area contributed by atoms with Crippen LogP contribution in [0.15, 0.2) is 97.1 Å². The van der Waals surface area contributed by atoms with Crippen molar-refractivity contribution >= 4 is 11.4 Å². The van der Waals surface area contributed by atoms with Crippen LogP contribution >= 0.6 is 0 Å². The summed E-state index contributed by atoms with van der Waals surface area (Å²) in [4.78, 5) is 24.2. The number of hydrogen-bond donors (Lipinski definition) is 1. The first-order valence-corrected chi connectivity index (χ1v) is 14.6. The predicted molar refractivity (Wildman–Crippen MR) is 177 cm³/mol. The van der Waals surface area contributed by atoms with Crippen LogP contribution in [0.2, 0.25) is 0 Å². The van der Waals surface area contributed by atoms with Gasteiger partial charge in [0.05, 0.1) is 16.5 Å². The average Bonchev–Trinajstić information content (AvgIpc) is 3.04. The van der Waals surface area contributed by atoms with Crippen LogP contribution in [-0.4, -0.2) is 79.2 Å². The lowest BCUT2D eigenvalue weighted by Crippen LogP contribution is -2.19. The SMILES string of the molecule is CN(C)CCO.CN(C)CCOc1cc(OCc2ccccc2)ccc1[N+](=O)[O-].O=[N+]([O-])c1ccc(OCc2ccccc2)cc1F. The molecule has 0 saturated heterocycles. The van der Waals surface area contributed by atoms with Gasteiger partial charge in [0.2, 0.25) is 11.6 Å². The summed E-state index contributed by atoms with van der Waals surface area (Å²) in [6.45, 7) is 2.75. The molecule has 252 valence electrons. The number of aliphatic hydroxyl groups excluding tert-OH is 1. The van der Waals surface area contributed by atoms with Gasteiger partial charge in [-0.15, -0.1) is 0 Å². The van der Waals surface area contributed by atoms with Crippen molar-refractivity contribution in [3.8, 4) is 17.2 Å². The molecular formula is C34H41FN4O8. The zero-order valence-corrected chi connectivity index (χ0v) is 27.0. The first-order chi connectivity index (χ1) is 22.5. The highest BCUT2D eigenvalue weighted by molar-refractivity contribution is 5.50. The number of nitro groups is 2. The maximum atomic E-state index is 13.3. The molecule has 0 aliphatic rings. The predicted octanol–water partition coefficient (Wildman–Crippen LogP) is 5.97. The van der Waals surface area contributed by atoms with Crippen LogP contribution in [0.25, 0.3) is 0 Å². The molecule has 0 fully saturated rings. The summed E-state index contributed by atoms with van der Waals surface area (Å²) in [5.74, 6) is 0.134. The molecule has 47 heavy (non-hydrogen) atoms. The Labute approximate surface area is 273 Å². The van der Waals surface area contributed by atoms with Crippen molar-refractivity contribution < 1.29 is 33.6 Å². The molecule has 0 saturated carbocycles. The minimum absolute atomic E-state index is 0.0594. The highest BCUT2D eigenvalue weighted by Gasteiger charge is 2.17. The summed E-state index contributed by atoms with van der Waals surface area (Å²) in [7, 11) is 7.68. The van der Waals surface area contributed by atoms with Crippen molar-refractivity contribution in [1.29, 1.82) is 0 Å². The van der Waals surface area contributed by atoms with Gasteiger partial charge in [-0.05, 0) is 51.5 Å². The summed E-state index contributed by atoms with van der Waals surface area (Å²) in [6.07, 6.45) is 0. The Hall–Kier alpha value is -5.11. The van der Waals surface area contributed by atoms with Crippen molar-refractivity contribution in [2.24, 2.45) is 0 Å². The van der Waals surface area contributed by atoms with E-state index in [-0.39, 0.29) is 30.4 Å². The van der Waals surface area contributed by atoms with Crippen molar-refractivity contribution in [1.82, 2.24) is 9.80 Å². The molecule has 0 atom stereocenters. The normalized spacial score (nSPS) is 10.3. The number of rotatable bonds is 14. The molecule has 1 N–H and O–H groups in total. The number of halogens is 1. The molecule has 0 bridgehead atoms. The molecule has 4 aromatic rings. The van der Waals surface area contributed by atoms with Crippen LogP contribution in [0.3, 0.4) is 0 Å². The standard InChI is InChI=1S/C17H20N2O4.C13H10FNO3.C4H11NO/c1-18(2)10-11-22-17-12-15(8-9-16(17)19(20)21)23-13-14-6-4-3-5-7-14;14-12-8-11(6-7-13(12)15(16)17)18-9-10-4-2-1-3-5-10;1-5(2)3-4-6/h3-9,12H,10-11,13H2,1-2H3;1-8H,9H2;6H,3-4H2,1-2H3. The maximum absolute atomic E-state index is 13.3. The van der Waals surface area contributed by atoms with E-state index in [1.54, 1.807) is 12.1 Å². The van der Waals surface area contributed by atoms with E-state index in [0.717, 1.165) is 29.8 Å². The molecule has 13 heteroatoms. The number of benzene rings is 4. The van der Waals surface area contributed by atoms with Gasteiger partial charge in [0.25, 0.3) is 0 Å². The van der Waals surface area contributed by atoms with Gasteiger partial charge in [0.1, 0.15) is 31.3 Å². The number of likely N-dealkylation sites (N-methyl/N-ethyl adjacent to an activating group) is 2. The minimum Gasteiger partial charge on any atom is -0.489 e. The van der Waals surface area contributed by atoms with E-state index in [1.165, 1.54) is 12.1 Å². The molecule has 0 radical (unpaired) electrons. The second-order valence-corrected chi connectivity index (χ2v) is 10.5. The van der Waals surface area contributed by atoms with Gasteiger partial charge >= 0.3 is 11.4 Å². The number of nitro benzene ring substituents is 2. The first kappa shape index (κ1) is 38.1. The lowest BCUT2D eigenvalue weighted by molar-refractivity contribution is -0.387. The fraction of sp³-hybridized carbons (Fsp3) is 0.294. The summed E-state index contributed by atoms with van der Waals surface area (Å²) in [5, 5.41) is 29.7.